The Morgan fingerprint density at radius 1 is 1.30 bits per heavy atom. The number of nitrogens with zero attached hydrogens (tertiary/aromatic N) is 1. The Labute approximate surface area is 129 Å². The lowest BCUT2D eigenvalue weighted by atomic mass is 10.2. The zero-order valence-corrected chi connectivity index (χ0v) is 12.6. The molecule has 1 aromatic carbocycles. The number of benzene rings is 1. The van der Waals surface area contributed by atoms with E-state index in [0.717, 1.165) is 25.2 Å². The maximum Gasteiger partial charge on any atom is 0.405 e. The van der Waals surface area contributed by atoms with Crippen LogP contribution >= 0.6 is 0 Å². The Balaban J connectivity index is 3.00. The SMILES string of the molecule is CN(CC(=O)O)S(=O)(=O)c1cccc(C(=O)NCC(F)(F)F)c1. The molecule has 1 rings (SSSR count). The van der Waals surface area contributed by atoms with Crippen molar-refractivity contribution in [3.63, 3.8) is 0 Å². The number of rotatable bonds is 6. The molecule has 0 aromatic heterocycles. The molecule has 128 valence electrons. The molecule has 0 fully saturated rings. The predicted molar refractivity (Wildman–Crippen MR) is 72.3 cm³/mol. The number of hydrogen-bond donors (Lipinski definition) is 2. The average molecular weight is 354 g/mol. The monoisotopic (exact) mass is 354 g/mol. The Hall–Kier alpha value is -2.14. The number of halogens is 3. The molecule has 0 aliphatic heterocycles. The van der Waals surface area contributed by atoms with Crippen LogP contribution in [0.2, 0.25) is 0 Å². The van der Waals surface area contributed by atoms with Crippen LogP contribution in [0, 0.1) is 0 Å². The highest BCUT2D eigenvalue weighted by molar-refractivity contribution is 7.89. The van der Waals surface area contributed by atoms with E-state index in [2.05, 4.69) is 0 Å². The molecule has 23 heavy (non-hydrogen) atoms. The van der Waals surface area contributed by atoms with Crippen LogP contribution in [0.5, 0.6) is 0 Å². The van der Waals surface area contributed by atoms with E-state index in [9.17, 15) is 31.2 Å². The molecule has 2 N–H and O–H groups in total. The van der Waals surface area contributed by atoms with Gasteiger partial charge in [-0.2, -0.15) is 17.5 Å². The first-order valence-electron chi connectivity index (χ1n) is 6.06. The first-order valence-corrected chi connectivity index (χ1v) is 7.50. The van der Waals surface area contributed by atoms with Crippen molar-refractivity contribution in [3.8, 4) is 0 Å². The predicted octanol–water partition coefficient (Wildman–Crippen LogP) is 0.684. The van der Waals surface area contributed by atoms with Crippen LogP contribution in [0.25, 0.3) is 0 Å². The quantitative estimate of drug-likeness (QED) is 0.782. The van der Waals surface area contributed by atoms with E-state index in [1.165, 1.54) is 6.07 Å². The smallest absolute Gasteiger partial charge is 0.405 e. The van der Waals surface area contributed by atoms with Gasteiger partial charge in [0.1, 0.15) is 13.1 Å². The summed E-state index contributed by atoms with van der Waals surface area (Å²) < 4.78 is 60.9. The third-order valence-corrected chi connectivity index (χ3v) is 4.41. The van der Waals surface area contributed by atoms with Crippen LogP contribution in [-0.4, -0.2) is 56.0 Å². The van der Waals surface area contributed by atoms with Gasteiger partial charge >= 0.3 is 12.1 Å². The van der Waals surface area contributed by atoms with Crippen LogP contribution < -0.4 is 5.32 Å². The van der Waals surface area contributed by atoms with Gasteiger partial charge in [0.15, 0.2) is 0 Å². The van der Waals surface area contributed by atoms with Crippen LogP contribution in [0.4, 0.5) is 13.2 Å². The van der Waals surface area contributed by atoms with Crippen molar-refractivity contribution in [1.29, 1.82) is 0 Å². The van der Waals surface area contributed by atoms with E-state index >= 15 is 0 Å². The lowest BCUT2D eigenvalue weighted by molar-refractivity contribution is -0.137. The molecular weight excluding hydrogens is 341 g/mol. The molecule has 0 heterocycles. The molecule has 0 unspecified atom stereocenters. The van der Waals surface area contributed by atoms with Gasteiger partial charge in [0.05, 0.1) is 4.90 Å². The molecule has 0 spiro atoms. The summed E-state index contributed by atoms with van der Waals surface area (Å²) in [6.45, 7) is -2.35. The molecular formula is C12H13F3N2O5S. The molecule has 0 bridgehead atoms. The van der Waals surface area contributed by atoms with Crippen LogP contribution in [-0.2, 0) is 14.8 Å². The first kappa shape index (κ1) is 18.9. The molecule has 11 heteroatoms. The summed E-state index contributed by atoms with van der Waals surface area (Å²) in [6, 6.07) is 4.29. The maximum absolute atomic E-state index is 12.1. The Kier molecular flexibility index (Phi) is 5.72. The largest absolute Gasteiger partial charge is 0.480 e. The highest BCUT2D eigenvalue weighted by atomic mass is 32.2. The van der Waals surface area contributed by atoms with Gasteiger partial charge in [-0.15, -0.1) is 0 Å². The van der Waals surface area contributed by atoms with Gasteiger partial charge in [-0.25, -0.2) is 8.42 Å². The molecule has 0 atom stereocenters. The van der Waals surface area contributed by atoms with E-state index in [1.54, 1.807) is 5.32 Å². The number of nitrogens with one attached hydrogen (secondary N) is 1. The van der Waals surface area contributed by atoms with Crippen molar-refractivity contribution < 1.29 is 36.3 Å². The fourth-order valence-electron chi connectivity index (χ4n) is 1.54. The van der Waals surface area contributed by atoms with Gasteiger partial charge in [0, 0.05) is 12.6 Å². The molecule has 7 nitrogen and oxygen atoms in total. The van der Waals surface area contributed by atoms with Crippen molar-refractivity contribution in [2.75, 3.05) is 20.1 Å². The molecule has 0 aliphatic rings. The van der Waals surface area contributed by atoms with Crippen molar-refractivity contribution in [2.45, 2.75) is 11.1 Å². The molecule has 0 radical (unpaired) electrons. The summed E-state index contributed by atoms with van der Waals surface area (Å²) in [4.78, 5) is 21.8. The minimum Gasteiger partial charge on any atom is -0.480 e. The van der Waals surface area contributed by atoms with Gasteiger partial charge in [-0.3, -0.25) is 9.59 Å². The fraction of sp³-hybridized carbons (Fsp3) is 0.333. The third kappa shape index (κ3) is 5.53. The Morgan fingerprint density at radius 2 is 1.91 bits per heavy atom. The summed E-state index contributed by atoms with van der Waals surface area (Å²) >= 11 is 0. The molecule has 1 aromatic rings. The van der Waals surface area contributed by atoms with E-state index in [0.29, 0.717) is 4.31 Å². The summed E-state index contributed by atoms with van der Waals surface area (Å²) in [5, 5.41) is 10.2. The highest BCUT2D eigenvalue weighted by Gasteiger charge is 2.28. The summed E-state index contributed by atoms with van der Waals surface area (Å²) in [7, 11) is -3.16. The number of carbonyl (C=O) groups excluding carboxylic acids is 1. The number of alkyl halides is 3. The number of hydrogen-bond acceptors (Lipinski definition) is 4. The standard InChI is InChI=1S/C12H13F3N2O5S/c1-17(6-10(18)19)23(21,22)9-4-2-3-8(5-9)11(20)16-7-12(13,14)15/h2-5H,6-7H2,1H3,(H,16,20)(H,18,19). The maximum atomic E-state index is 12.1. The van der Waals surface area contributed by atoms with E-state index < -0.39 is 46.1 Å². The molecule has 0 aliphatic carbocycles. The van der Waals surface area contributed by atoms with Crippen LogP contribution in [0.1, 0.15) is 10.4 Å². The number of carbonyl (C=O) groups is 2. The summed E-state index contributed by atoms with van der Waals surface area (Å²) in [6.07, 6.45) is -4.60. The lowest BCUT2D eigenvalue weighted by Gasteiger charge is -2.15. The lowest BCUT2D eigenvalue weighted by Crippen LogP contribution is -2.34. The molecule has 1 amide bonds. The van der Waals surface area contributed by atoms with Crippen molar-refractivity contribution >= 4 is 21.9 Å². The van der Waals surface area contributed by atoms with E-state index in [-0.39, 0.29) is 5.56 Å². The second-order valence-corrected chi connectivity index (χ2v) is 6.53. The van der Waals surface area contributed by atoms with Crippen molar-refractivity contribution in [2.24, 2.45) is 0 Å². The number of amides is 1. The fourth-order valence-corrected chi connectivity index (χ4v) is 2.70. The van der Waals surface area contributed by atoms with E-state index in [1.807, 2.05) is 0 Å². The van der Waals surface area contributed by atoms with Crippen LogP contribution in [0.3, 0.4) is 0 Å². The zero-order valence-electron chi connectivity index (χ0n) is 11.8. The zero-order chi connectivity index (χ0) is 17.8. The Morgan fingerprint density at radius 3 is 2.43 bits per heavy atom. The first-order chi connectivity index (χ1) is 10.4. The number of carboxylic acids is 1. The second kappa shape index (κ2) is 6.96. The second-order valence-electron chi connectivity index (χ2n) is 4.48. The van der Waals surface area contributed by atoms with Crippen LogP contribution in [0.15, 0.2) is 29.2 Å². The minimum atomic E-state index is -4.60. The number of aliphatic carboxylic acids is 1. The minimum absolute atomic E-state index is 0.293. The van der Waals surface area contributed by atoms with Crippen molar-refractivity contribution in [1.82, 2.24) is 9.62 Å². The Bertz CT molecular complexity index is 703. The number of sulfonamides is 1. The van der Waals surface area contributed by atoms with Gasteiger partial charge in [0.25, 0.3) is 5.91 Å². The average Bonchev–Trinajstić information content (AvgIpc) is 2.43. The highest BCUT2D eigenvalue weighted by Crippen LogP contribution is 2.17. The molecule has 0 saturated heterocycles. The van der Waals surface area contributed by atoms with Gasteiger partial charge in [-0.05, 0) is 18.2 Å². The number of likely N-dealkylation sites (N-methyl/N-ethyl adjacent to an activating group) is 1. The molecule has 0 saturated carbocycles. The summed E-state index contributed by atoms with van der Waals surface area (Å²) in [5.41, 5.74) is -0.293. The van der Waals surface area contributed by atoms with Gasteiger partial charge < -0.3 is 10.4 Å². The summed E-state index contributed by atoms with van der Waals surface area (Å²) in [5.74, 6) is -2.48. The van der Waals surface area contributed by atoms with Gasteiger partial charge in [0.2, 0.25) is 10.0 Å². The third-order valence-electron chi connectivity index (χ3n) is 2.61. The van der Waals surface area contributed by atoms with Crippen molar-refractivity contribution in [3.05, 3.63) is 29.8 Å². The van der Waals surface area contributed by atoms with Gasteiger partial charge in [-0.1, -0.05) is 6.07 Å². The normalized spacial score (nSPS) is 12.2. The number of carboxylic acid groups (broad SMARTS) is 1. The van der Waals surface area contributed by atoms with E-state index in [4.69, 9.17) is 5.11 Å². The topological polar surface area (TPSA) is 104 Å².